The predicted octanol–water partition coefficient (Wildman–Crippen LogP) is 5.45. The highest BCUT2D eigenvalue weighted by molar-refractivity contribution is 5.87. The number of fused-ring (bicyclic) bond motifs is 1. The van der Waals surface area contributed by atoms with Crippen LogP contribution in [0.4, 0.5) is 32.2 Å². The Morgan fingerprint density at radius 2 is 1.62 bits per heavy atom. The summed E-state index contributed by atoms with van der Waals surface area (Å²) in [5, 5.41) is 0.546. The number of halogens is 6. The van der Waals surface area contributed by atoms with Crippen molar-refractivity contribution in [2.24, 2.45) is 5.92 Å². The van der Waals surface area contributed by atoms with Crippen LogP contribution in [0.15, 0.2) is 36.7 Å². The van der Waals surface area contributed by atoms with Crippen molar-refractivity contribution < 1.29 is 26.3 Å². The van der Waals surface area contributed by atoms with Crippen LogP contribution >= 0.6 is 0 Å². The number of alkyl halides is 6. The van der Waals surface area contributed by atoms with E-state index < -0.39 is 35.9 Å². The predicted molar refractivity (Wildman–Crippen MR) is 103 cm³/mol. The number of aromatic nitrogens is 4. The Bertz CT molecular complexity index is 1160. The van der Waals surface area contributed by atoms with E-state index in [9.17, 15) is 26.3 Å². The van der Waals surface area contributed by atoms with Crippen LogP contribution in [0.2, 0.25) is 0 Å². The van der Waals surface area contributed by atoms with Gasteiger partial charge in [0.2, 0.25) is 0 Å². The summed E-state index contributed by atoms with van der Waals surface area (Å²) in [7, 11) is 0. The first-order chi connectivity index (χ1) is 15.1. The van der Waals surface area contributed by atoms with Crippen molar-refractivity contribution in [3.63, 3.8) is 0 Å². The Kier molecular flexibility index (Phi) is 4.75. The summed E-state index contributed by atoms with van der Waals surface area (Å²) in [6.07, 6.45) is -5.99. The van der Waals surface area contributed by atoms with Gasteiger partial charge in [0.05, 0.1) is 17.3 Å². The highest BCUT2D eigenvalue weighted by Gasteiger charge is 2.49. The highest BCUT2D eigenvalue weighted by atomic mass is 19.4. The molecule has 1 aliphatic heterocycles. The Labute approximate surface area is 178 Å². The topological polar surface area (TPSA) is 54.8 Å². The van der Waals surface area contributed by atoms with Crippen LogP contribution in [0.1, 0.15) is 48.3 Å². The lowest BCUT2D eigenvalue weighted by molar-refractivity contribution is -0.198. The summed E-state index contributed by atoms with van der Waals surface area (Å²) in [6.45, 7) is 0.452. The van der Waals surface area contributed by atoms with E-state index in [1.54, 1.807) is 17.0 Å². The molecular weight excluding hydrogens is 436 g/mol. The molecular formula is C21H17F6N5. The molecule has 1 unspecified atom stereocenters. The molecule has 11 heteroatoms. The molecule has 3 aromatic rings. The first-order valence-corrected chi connectivity index (χ1v) is 10.1. The molecule has 0 aromatic carbocycles. The van der Waals surface area contributed by atoms with E-state index in [0.29, 0.717) is 29.8 Å². The van der Waals surface area contributed by atoms with Gasteiger partial charge in [-0.1, -0.05) is 6.07 Å². The van der Waals surface area contributed by atoms with Gasteiger partial charge in [-0.3, -0.25) is 4.98 Å². The van der Waals surface area contributed by atoms with Gasteiger partial charge >= 0.3 is 12.4 Å². The molecule has 1 aliphatic carbocycles. The van der Waals surface area contributed by atoms with Crippen molar-refractivity contribution in [3.05, 3.63) is 53.7 Å². The molecule has 1 saturated carbocycles. The molecule has 2 aliphatic rings. The Balaban J connectivity index is 1.52. The zero-order valence-electron chi connectivity index (χ0n) is 16.5. The van der Waals surface area contributed by atoms with Crippen molar-refractivity contribution in [1.82, 2.24) is 19.9 Å². The summed E-state index contributed by atoms with van der Waals surface area (Å²) in [5.74, 6) is -1.21. The third-order valence-electron chi connectivity index (χ3n) is 6.19. The first kappa shape index (κ1) is 20.9. The second-order valence-electron chi connectivity index (χ2n) is 8.12. The summed E-state index contributed by atoms with van der Waals surface area (Å²) in [6, 6.07) is 5.63. The zero-order chi connectivity index (χ0) is 22.7. The van der Waals surface area contributed by atoms with Gasteiger partial charge in [-0.15, -0.1) is 0 Å². The Hall–Kier alpha value is -2.98. The van der Waals surface area contributed by atoms with Crippen LogP contribution in [-0.2, 0) is 6.18 Å². The molecule has 1 atom stereocenters. The van der Waals surface area contributed by atoms with Gasteiger partial charge in [-0.25, -0.2) is 15.0 Å². The SMILES string of the molecule is FC(F)(F)c1ncccc1C1CCN1c1nc(C2CC(C(F)(F)F)C2)nc2ncccc12. The quantitative estimate of drug-likeness (QED) is 0.494. The van der Waals surface area contributed by atoms with E-state index in [1.165, 1.54) is 18.3 Å². The molecule has 3 aromatic heterocycles. The van der Waals surface area contributed by atoms with Crippen molar-refractivity contribution in [3.8, 4) is 0 Å². The van der Waals surface area contributed by atoms with Crippen LogP contribution in [0.3, 0.4) is 0 Å². The van der Waals surface area contributed by atoms with Gasteiger partial charge in [-0.2, -0.15) is 26.3 Å². The van der Waals surface area contributed by atoms with Gasteiger partial charge < -0.3 is 4.90 Å². The third kappa shape index (κ3) is 3.53. The lowest BCUT2D eigenvalue weighted by Gasteiger charge is -2.43. The largest absolute Gasteiger partial charge is 0.433 e. The molecule has 0 radical (unpaired) electrons. The molecule has 5 nitrogen and oxygen atoms in total. The zero-order valence-corrected chi connectivity index (χ0v) is 16.5. The van der Waals surface area contributed by atoms with E-state index in [1.807, 2.05) is 0 Å². The maximum Gasteiger partial charge on any atom is 0.433 e. The lowest BCUT2D eigenvalue weighted by atomic mass is 9.74. The van der Waals surface area contributed by atoms with Crippen LogP contribution in [0, 0.1) is 5.92 Å². The minimum atomic E-state index is -4.60. The molecule has 4 heterocycles. The Morgan fingerprint density at radius 1 is 0.906 bits per heavy atom. The van der Waals surface area contributed by atoms with Crippen molar-refractivity contribution in [2.75, 3.05) is 11.4 Å². The monoisotopic (exact) mass is 453 g/mol. The molecule has 168 valence electrons. The molecule has 5 rings (SSSR count). The van der Waals surface area contributed by atoms with E-state index in [-0.39, 0.29) is 24.2 Å². The molecule has 2 fully saturated rings. The molecule has 0 spiro atoms. The normalized spacial score (nSPS) is 23.7. The maximum atomic E-state index is 13.5. The van der Waals surface area contributed by atoms with E-state index in [4.69, 9.17) is 0 Å². The molecule has 1 saturated heterocycles. The van der Waals surface area contributed by atoms with Crippen LogP contribution < -0.4 is 4.90 Å². The van der Waals surface area contributed by atoms with Crippen LogP contribution in [0.25, 0.3) is 11.0 Å². The number of pyridine rings is 2. The number of anilines is 1. The second-order valence-corrected chi connectivity index (χ2v) is 8.12. The van der Waals surface area contributed by atoms with E-state index in [0.717, 1.165) is 6.20 Å². The van der Waals surface area contributed by atoms with Gasteiger partial charge in [0.1, 0.15) is 17.3 Å². The van der Waals surface area contributed by atoms with Gasteiger partial charge in [0, 0.05) is 30.4 Å². The van der Waals surface area contributed by atoms with Crippen LogP contribution in [-0.4, -0.2) is 32.7 Å². The second kappa shape index (κ2) is 7.28. The fourth-order valence-electron chi connectivity index (χ4n) is 4.35. The number of hydrogen-bond acceptors (Lipinski definition) is 5. The number of nitrogens with zero attached hydrogens (tertiary/aromatic N) is 5. The molecule has 0 N–H and O–H groups in total. The summed E-state index contributed by atoms with van der Waals surface area (Å²) < 4.78 is 79.3. The van der Waals surface area contributed by atoms with Crippen LogP contribution in [0.5, 0.6) is 0 Å². The molecule has 0 bridgehead atoms. The van der Waals surface area contributed by atoms with Crippen molar-refractivity contribution in [1.29, 1.82) is 0 Å². The summed E-state index contributed by atoms with van der Waals surface area (Å²) in [4.78, 5) is 18.4. The molecule has 32 heavy (non-hydrogen) atoms. The summed E-state index contributed by atoms with van der Waals surface area (Å²) in [5.41, 5.74) is -0.585. The van der Waals surface area contributed by atoms with Gasteiger partial charge in [0.15, 0.2) is 5.65 Å². The number of hydrogen-bond donors (Lipinski definition) is 0. The van der Waals surface area contributed by atoms with E-state index in [2.05, 4.69) is 19.9 Å². The minimum Gasteiger partial charge on any atom is -0.349 e. The fraction of sp³-hybridized carbons (Fsp3) is 0.429. The summed E-state index contributed by atoms with van der Waals surface area (Å²) >= 11 is 0. The third-order valence-corrected chi connectivity index (χ3v) is 6.19. The average molecular weight is 453 g/mol. The Morgan fingerprint density at radius 3 is 2.28 bits per heavy atom. The lowest BCUT2D eigenvalue weighted by Crippen LogP contribution is -2.43. The van der Waals surface area contributed by atoms with Crippen molar-refractivity contribution in [2.45, 2.75) is 43.6 Å². The highest BCUT2D eigenvalue weighted by Crippen LogP contribution is 2.50. The van der Waals surface area contributed by atoms with Gasteiger partial charge in [0.25, 0.3) is 0 Å². The first-order valence-electron chi connectivity index (χ1n) is 10.1. The van der Waals surface area contributed by atoms with Crippen molar-refractivity contribution >= 4 is 16.9 Å². The maximum absolute atomic E-state index is 13.5. The van der Waals surface area contributed by atoms with Gasteiger partial charge in [-0.05, 0) is 37.5 Å². The number of rotatable bonds is 3. The molecule has 0 amide bonds. The fourth-order valence-corrected chi connectivity index (χ4v) is 4.35. The smallest absolute Gasteiger partial charge is 0.349 e. The minimum absolute atomic E-state index is 0.0456. The standard InChI is InChI=1S/C21H17F6N5/c22-20(23,24)12-9-11(10-12)17-30-18-14(4-2-7-29-18)19(31-17)32-8-5-15(32)13-3-1-6-28-16(13)21(25,26)27/h1-4,6-7,11-12,15H,5,8-10H2. The average Bonchev–Trinajstić information content (AvgIpc) is 2.64. The van der Waals surface area contributed by atoms with E-state index >= 15 is 0 Å².